The minimum Gasteiger partial charge on any atom is 0 e. The summed E-state index contributed by atoms with van der Waals surface area (Å²) in [6.45, 7) is 23.1. The Hall–Kier alpha value is -3.54. The number of benzene rings is 4. The monoisotopic (exact) mass is 1050 g/mol. The van der Waals surface area contributed by atoms with Crippen LogP contribution in [0.5, 0.6) is 0 Å². The Balaban J connectivity index is 0.000000411. The number of pyridine rings is 1. The standard InChI is InChI=1S/C38H35F3NSe.C13H24O2.Ir/c1-22-16-23(21-36(2,3)4)12-13-26(22)29-20-33-30(19-32(29)38(39,40)41)28-14-15-42-34(35(28)43-33)25-17-24-10-8-9-11-27(24)31(18-25)37(5,6)7;1-5-10(6-2)12(14)9-13(15)11(7-3)8-4;/h8-16,18-20H,21H2,1-7H3;9-11,14H,5-8H2,1-4H3;/q-1;;/b;12-9-;. The van der Waals surface area contributed by atoms with Crippen LogP contribution in [0.2, 0.25) is 0 Å². The number of ketones is 1. The molecule has 0 aliphatic carbocycles. The van der Waals surface area contributed by atoms with Gasteiger partial charge in [0.1, 0.15) is 0 Å². The van der Waals surface area contributed by atoms with Gasteiger partial charge in [0.05, 0.1) is 5.76 Å². The van der Waals surface area contributed by atoms with E-state index in [9.17, 15) is 23.1 Å². The van der Waals surface area contributed by atoms with Crippen LogP contribution in [0.25, 0.3) is 52.4 Å². The topological polar surface area (TPSA) is 50.2 Å². The van der Waals surface area contributed by atoms with E-state index in [0.717, 1.165) is 79.2 Å². The van der Waals surface area contributed by atoms with Crippen LogP contribution in [-0.4, -0.2) is 30.4 Å². The van der Waals surface area contributed by atoms with Crippen molar-refractivity contribution in [1.29, 1.82) is 0 Å². The SMILES string of the molecule is CCC(CC)C(=O)/C=C(\O)C(CC)CC.Cc1cc(CC(C)(C)C)ccc1-c1cc2[se]c3c(-c4[c-]c5ccccc5c(C(C)(C)C)c4)nccc3c2cc1C(F)(F)F.[Ir]. The molecule has 4 aromatic carbocycles. The van der Waals surface area contributed by atoms with Crippen molar-refractivity contribution in [2.24, 2.45) is 17.3 Å². The van der Waals surface area contributed by atoms with Crippen molar-refractivity contribution in [3.05, 3.63) is 113 Å². The first kappa shape index (κ1) is 48.1. The molecule has 0 saturated carbocycles. The predicted octanol–water partition coefficient (Wildman–Crippen LogP) is 14.8. The predicted molar refractivity (Wildman–Crippen MR) is 239 cm³/mol. The van der Waals surface area contributed by atoms with Gasteiger partial charge in [-0.2, -0.15) is 0 Å². The summed E-state index contributed by atoms with van der Waals surface area (Å²) < 4.78 is 45.9. The molecule has 1 radical (unpaired) electrons. The molecule has 6 rings (SSSR count). The average molecular weight is 1050 g/mol. The van der Waals surface area contributed by atoms with Crippen molar-refractivity contribution in [1.82, 2.24) is 4.98 Å². The second kappa shape index (κ2) is 19.4. The van der Waals surface area contributed by atoms with Gasteiger partial charge in [0.15, 0.2) is 5.78 Å². The number of fused-ring (bicyclic) bond motifs is 4. The molecule has 0 fully saturated rings. The Morgan fingerprint density at radius 2 is 1.44 bits per heavy atom. The molecular formula is C51H59F3IrNO2Se-. The van der Waals surface area contributed by atoms with Crippen LogP contribution < -0.4 is 0 Å². The molecule has 59 heavy (non-hydrogen) atoms. The van der Waals surface area contributed by atoms with Gasteiger partial charge in [-0.15, -0.1) is 0 Å². The second-order valence-electron chi connectivity index (χ2n) is 17.8. The molecule has 0 atom stereocenters. The van der Waals surface area contributed by atoms with E-state index in [1.54, 1.807) is 12.3 Å². The van der Waals surface area contributed by atoms with E-state index in [1.165, 1.54) is 17.7 Å². The van der Waals surface area contributed by atoms with Gasteiger partial charge < -0.3 is 5.11 Å². The zero-order valence-electron chi connectivity index (χ0n) is 36.4. The number of alkyl halides is 3. The normalized spacial score (nSPS) is 12.6. The number of nitrogens with zero attached hydrogens (tertiary/aromatic N) is 1. The van der Waals surface area contributed by atoms with Gasteiger partial charge in [0, 0.05) is 38.0 Å². The van der Waals surface area contributed by atoms with E-state index in [0.29, 0.717) is 10.9 Å². The molecule has 0 aliphatic rings. The minimum absolute atomic E-state index is 0. The molecule has 2 aromatic heterocycles. The number of aliphatic hydroxyl groups is 1. The van der Waals surface area contributed by atoms with Crippen LogP contribution in [0, 0.1) is 30.2 Å². The van der Waals surface area contributed by atoms with Gasteiger partial charge in [-0.05, 0) is 25.7 Å². The third-order valence-corrected chi connectivity index (χ3v) is 13.5. The van der Waals surface area contributed by atoms with Gasteiger partial charge in [0.2, 0.25) is 0 Å². The van der Waals surface area contributed by atoms with Crippen molar-refractivity contribution in [3.8, 4) is 22.4 Å². The molecule has 0 amide bonds. The maximum Gasteiger partial charge on any atom is 0 e. The Kier molecular flexibility index (Phi) is 15.9. The van der Waals surface area contributed by atoms with Gasteiger partial charge in [0.25, 0.3) is 0 Å². The molecule has 2 heterocycles. The first-order valence-electron chi connectivity index (χ1n) is 20.6. The van der Waals surface area contributed by atoms with Gasteiger partial charge in [-0.1, -0.05) is 27.7 Å². The maximum absolute atomic E-state index is 14.6. The molecule has 3 nitrogen and oxygen atoms in total. The second-order valence-corrected chi connectivity index (χ2v) is 20.0. The summed E-state index contributed by atoms with van der Waals surface area (Å²) in [6, 6.07) is 24.9. The summed E-state index contributed by atoms with van der Waals surface area (Å²) in [6.07, 6.45) is 3.00. The quantitative estimate of drug-likeness (QED) is 0.0644. The summed E-state index contributed by atoms with van der Waals surface area (Å²) in [7, 11) is 0. The number of hydrogen-bond donors (Lipinski definition) is 1. The Labute approximate surface area is 369 Å². The van der Waals surface area contributed by atoms with Crippen molar-refractivity contribution in [2.75, 3.05) is 0 Å². The Morgan fingerprint density at radius 1 is 0.797 bits per heavy atom. The molecule has 317 valence electrons. The van der Waals surface area contributed by atoms with Gasteiger partial charge in [-0.3, -0.25) is 4.79 Å². The smallest absolute Gasteiger partial charge is 0 e. The van der Waals surface area contributed by atoms with Gasteiger partial charge in [-0.25, -0.2) is 0 Å². The van der Waals surface area contributed by atoms with Gasteiger partial charge >= 0.3 is 258 Å². The van der Waals surface area contributed by atoms with E-state index >= 15 is 0 Å². The summed E-state index contributed by atoms with van der Waals surface area (Å²) in [5, 5.41) is 13.4. The summed E-state index contributed by atoms with van der Waals surface area (Å²) in [4.78, 5) is 16.5. The van der Waals surface area contributed by atoms with E-state index in [1.807, 2.05) is 71.0 Å². The molecule has 0 spiro atoms. The fraction of sp³-hybridized carbons (Fsp3) is 0.412. The fourth-order valence-electron chi connectivity index (χ4n) is 7.91. The number of carbonyl (C=O) groups excluding carboxylic acids is 1. The summed E-state index contributed by atoms with van der Waals surface area (Å²) in [5.41, 5.74) is 5.17. The van der Waals surface area contributed by atoms with Crippen molar-refractivity contribution in [3.63, 3.8) is 0 Å². The zero-order valence-corrected chi connectivity index (χ0v) is 40.5. The number of aromatic nitrogens is 1. The molecule has 0 saturated heterocycles. The van der Waals surface area contributed by atoms with Crippen molar-refractivity contribution < 1.29 is 43.2 Å². The Bertz CT molecular complexity index is 2440. The van der Waals surface area contributed by atoms with Crippen molar-refractivity contribution in [2.45, 2.75) is 120 Å². The number of aliphatic hydroxyl groups excluding tert-OH is 1. The van der Waals surface area contributed by atoms with E-state index in [2.05, 4.69) is 65.8 Å². The molecule has 1 N–H and O–H groups in total. The number of rotatable bonds is 10. The zero-order chi connectivity index (χ0) is 42.7. The van der Waals surface area contributed by atoms with E-state index in [-0.39, 0.29) is 74.4 Å². The largest absolute Gasteiger partial charge is 0 e. The van der Waals surface area contributed by atoms with Crippen LogP contribution in [-0.2, 0) is 42.9 Å². The molecular weight excluding hydrogens is 987 g/mol. The summed E-state index contributed by atoms with van der Waals surface area (Å²) in [5.74, 6) is 0.547. The van der Waals surface area contributed by atoms with Crippen LogP contribution in [0.15, 0.2) is 84.8 Å². The molecule has 0 unspecified atom stereocenters. The molecule has 6 aromatic rings. The van der Waals surface area contributed by atoms with E-state index in [4.69, 9.17) is 4.98 Å². The average Bonchev–Trinajstić information content (AvgIpc) is 3.52. The fourth-order valence-corrected chi connectivity index (χ4v) is 10.5. The van der Waals surface area contributed by atoms with Crippen LogP contribution in [0.3, 0.4) is 0 Å². The maximum atomic E-state index is 14.6. The number of hydrogen-bond acceptors (Lipinski definition) is 3. The third kappa shape index (κ3) is 11.2. The number of aryl methyl sites for hydroxylation is 1. The summed E-state index contributed by atoms with van der Waals surface area (Å²) >= 11 is -0.214. The number of carbonyl (C=O) groups is 1. The minimum atomic E-state index is -4.49. The van der Waals surface area contributed by atoms with Crippen LogP contribution in [0.4, 0.5) is 13.2 Å². The number of halogens is 3. The first-order valence-corrected chi connectivity index (χ1v) is 22.3. The molecule has 0 aliphatic heterocycles. The number of allylic oxidation sites excluding steroid dienone is 2. The molecule has 0 bridgehead atoms. The van der Waals surface area contributed by atoms with Crippen molar-refractivity contribution >= 4 is 50.4 Å². The third-order valence-electron chi connectivity index (χ3n) is 11.1. The van der Waals surface area contributed by atoms with E-state index < -0.39 is 11.7 Å². The van der Waals surface area contributed by atoms with Crippen LogP contribution >= 0.6 is 0 Å². The molecule has 8 heteroatoms. The Morgan fingerprint density at radius 3 is 2.02 bits per heavy atom. The van der Waals surface area contributed by atoms with Crippen LogP contribution in [0.1, 0.15) is 117 Å². The first-order chi connectivity index (χ1) is 27.2.